The fourth-order valence-corrected chi connectivity index (χ4v) is 1.26. The molecule has 0 spiro atoms. The number of rotatable bonds is 4. The van der Waals surface area contributed by atoms with Crippen LogP contribution in [0.4, 0.5) is 4.39 Å². The van der Waals surface area contributed by atoms with Gasteiger partial charge in [0.1, 0.15) is 6.10 Å². The maximum absolute atomic E-state index is 13.5. The fraction of sp³-hybridized carbons (Fsp3) is 0.455. The van der Waals surface area contributed by atoms with Crippen molar-refractivity contribution >= 4 is 0 Å². The van der Waals surface area contributed by atoms with Gasteiger partial charge in [-0.2, -0.15) is 0 Å². The number of likely N-dealkylation sites (N-methyl/N-ethyl adjacent to an activating group) is 1. The van der Waals surface area contributed by atoms with E-state index in [4.69, 9.17) is 4.74 Å². The summed E-state index contributed by atoms with van der Waals surface area (Å²) >= 11 is 0. The average Bonchev–Trinajstić information content (AvgIpc) is 2.13. The van der Waals surface area contributed by atoms with Gasteiger partial charge in [-0.25, -0.2) is 4.39 Å². The Bertz CT molecular complexity index is 301. The van der Waals surface area contributed by atoms with E-state index in [1.54, 1.807) is 25.1 Å². The normalized spacial score (nSPS) is 12.6. The van der Waals surface area contributed by atoms with Crippen LogP contribution in [-0.2, 0) is 0 Å². The van der Waals surface area contributed by atoms with Crippen molar-refractivity contribution in [2.45, 2.75) is 20.0 Å². The van der Waals surface area contributed by atoms with Crippen LogP contribution in [0, 0.1) is 12.7 Å². The molecule has 0 aromatic heterocycles. The Balaban J connectivity index is 2.71. The zero-order chi connectivity index (χ0) is 10.6. The molecule has 1 atom stereocenters. The minimum absolute atomic E-state index is 0.0312. The van der Waals surface area contributed by atoms with E-state index >= 15 is 0 Å². The fourth-order valence-electron chi connectivity index (χ4n) is 1.26. The highest BCUT2D eigenvalue weighted by Gasteiger charge is 2.08. The van der Waals surface area contributed by atoms with Crippen molar-refractivity contribution in [3.05, 3.63) is 29.6 Å². The molecule has 0 heterocycles. The van der Waals surface area contributed by atoms with E-state index in [1.807, 2.05) is 14.0 Å². The molecule has 1 aromatic carbocycles. The van der Waals surface area contributed by atoms with Crippen LogP contribution in [0.2, 0.25) is 0 Å². The number of benzene rings is 1. The van der Waals surface area contributed by atoms with Crippen LogP contribution in [0.25, 0.3) is 0 Å². The summed E-state index contributed by atoms with van der Waals surface area (Å²) in [6.07, 6.45) is -0.0312. The third-order valence-electron chi connectivity index (χ3n) is 1.98. The highest BCUT2D eigenvalue weighted by atomic mass is 19.1. The maximum atomic E-state index is 13.5. The van der Waals surface area contributed by atoms with Gasteiger partial charge in [-0.1, -0.05) is 12.1 Å². The van der Waals surface area contributed by atoms with E-state index in [0.29, 0.717) is 17.9 Å². The van der Waals surface area contributed by atoms with Crippen molar-refractivity contribution in [2.75, 3.05) is 13.6 Å². The van der Waals surface area contributed by atoms with Gasteiger partial charge in [0.25, 0.3) is 0 Å². The smallest absolute Gasteiger partial charge is 0.167 e. The maximum Gasteiger partial charge on any atom is 0.167 e. The lowest BCUT2D eigenvalue weighted by molar-refractivity contribution is 0.210. The lowest BCUT2D eigenvalue weighted by atomic mass is 10.2. The minimum atomic E-state index is -0.268. The number of aryl methyl sites for hydroxylation is 1. The molecule has 1 rings (SSSR count). The van der Waals surface area contributed by atoms with Crippen molar-refractivity contribution in [2.24, 2.45) is 0 Å². The van der Waals surface area contributed by atoms with Gasteiger partial charge in [-0.05, 0) is 32.5 Å². The zero-order valence-corrected chi connectivity index (χ0v) is 8.80. The number of nitrogens with one attached hydrogen (secondary N) is 1. The molecule has 78 valence electrons. The molecule has 0 aliphatic heterocycles. The van der Waals surface area contributed by atoms with Gasteiger partial charge in [0, 0.05) is 6.54 Å². The molecule has 0 saturated heterocycles. The van der Waals surface area contributed by atoms with Crippen LogP contribution < -0.4 is 10.1 Å². The molecule has 0 saturated carbocycles. The van der Waals surface area contributed by atoms with Crippen molar-refractivity contribution in [3.63, 3.8) is 0 Å². The molecule has 1 unspecified atom stereocenters. The van der Waals surface area contributed by atoms with Crippen LogP contribution in [-0.4, -0.2) is 19.7 Å². The summed E-state index contributed by atoms with van der Waals surface area (Å²) in [6.45, 7) is 4.33. The first-order chi connectivity index (χ1) is 6.65. The largest absolute Gasteiger partial charge is 0.486 e. The van der Waals surface area contributed by atoms with Gasteiger partial charge in [0.05, 0.1) is 0 Å². The third kappa shape index (κ3) is 2.70. The SMILES string of the molecule is CNCC(C)Oc1cccc(C)c1F. The molecule has 0 fully saturated rings. The van der Waals surface area contributed by atoms with Crippen LogP contribution >= 0.6 is 0 Å². The third-order valence-corrected chi connectivity index (χ3v) is 1.98. The second kappa shape index (κ2) is 4.96. The standard InChI is InChI=1S/C11H16FNO/c1-8-5-4-6-10(11(8)12)14-9(2)7-13-3/h4-6,9,13H,7H2,1-3H3. The summed E-state index contributed by atoms with van der Waals surface area (Å²) in [5, 5.41) is 2.97. The Morgan fingerprint density at radius 1 is 1.50 bits per heavy atom. The number of hydrogen-bond acceptors (Lipinski definition) is 2. The predicted octanol–water partition coefficient (Wildman–Crippen LogP) is 2.12. The molecule has 3 heteroatoms. The second-order valence-corrected chi connectivity index (χ2v) is 3.37. The average molecular weight is 197 g/mol. The monoisotopic (exact) mass is 197 g/mol. The van der Waals surface area contributed by atoms with Crippen molar-refractivity contribution < 1.29 is 9.13 Å². The summed E-state index contributed by atoms with van der Waals surface area (Å²) in [5.74, 6) is 0.0585. The number of ether oxygens (including phenoxy) is 1. The van der Waals surface area contributed by atoms with Crippen molar-refractivity contribution in [1.82, 2.24) is 5.32 Å². The lowest BCUT2D eigenvalue weighted by Crippen LogP contribution is -2.26. The molecule has 0 amide bonds. The molecule has 1 N–H and O–H groups in total. The van der Waals surface area contributed by atoms with Gasteiger partial charge in [-0.3, -0.25) is 0 Å². The van der Waals surface area contributed by atoms with Gasteiger partial charge in [-0.15, -0.1) is 0 Å². The highest BCUT2D eigenvalue weighted by Crippen LogP contribution is 2.20. The molecule has 0 radical (unpaired) electrons. The summed E-state index contributed by atoms with van der Waals surface area (Å²) in [6, 6.07) is 5.17. The van der Waals surface area contributed by atoms with Gasteiger partial charge in [0.15, 0.2) is 11.6 Å². The Morgan fingerprint density at radius 3 is 2.86 bits per heavy atom. The first-order valence-corrected chi connectivity index (χ1v) is 4.71. The Morgan fingerprint density at radius 2 is 2.21 bits per heavy atom. The summed E-state index contributed by atoms with van der Waals surface area (Å²) < 4.78 is 18.9. The molecular formula is C11H16FNO. The molecule has 2 nitrogen and oxygen atoms in total. The highest BCUT2D eigenvalue weighted by molar-refractivity contribution is 5.30. The quantitative estimate of drug-likeness (QED) is 0.798. The first-order valence-electron chi connectivity index (χ1n) is 4.71. The Labute approximate surface area is 84.1 Å². The molecule has 1 aromatic rings. The summed E-state index contributed by atoms with van der Waals surface area (Å²) in [7, 11) is 1.84. The van der Waals surface area contributed by atoms with Gasteiger partial charge >= 0.3 is 0 Å². The van der Waals surface area contributed by atoms with Gasteiger partial charge in [0.2, 0.25) is 0 Å². The second-order valence-electron chi connectivity index (χ2n) is 3.37. The molecule has 0 aliphatic carbocycles. The van der Waals surface area contributed by atoms with Crippen LogP contribution in [0.3, 0.4) is 0 Å². The lowest BCUT2D eigenvalue weighted by Gasteiger charge is -2.15. The van der Waals surface area contributed by atoms with E-state index in [9.17, 15) is 4.39 Å². The Hall–Kier alpha value is -1.09. The number of hydrogen-bond donors (Lipinski definition) is 1. The van der Waals surface area contributed by atoms with E-state index in [1.165, 1.54) is 0 Å². The van der Waals surface area contributed by atoms with Gasteiger partial charge < -0.3 is 10.1 Å². The number of halogens is 1. The molecule has 14 heavy (non-hydrogen) atoms. The van der Waals surface area contributed by atoms with Crippen LogP contribution in [0.5, 0.6) is 5.75 Å². The zero-order valence-electron chi connectivity index (χ0n) is 8.80. The first kappa shape index (κ1) is 11.0. The van der Waals surface area contributed by atoms with E-state index in [2.05, 4.69) is 5.32 Å². The van der Waals surface area contributed by atoms with Crippen LogP contribution in [0.1, 0.15) is 12.5 Å². The van der Waals surface area contributed by atoms with Crippen molar-refractivity contribution in [3.8, 4) is 5.75 Å². The van der Waals surface area contributed by atoms with E-state index in [0.717, 1.165) is 0 Å². The topological polar surface area (TPSA) is 21.3 Å². The Kier molecular flexibility index (Phi) is 3.89. The minimum Gasteiger partial charge on any atom is -0.486 e. The molecule has 0 aliphatic rings. The van der Waals surface area contributed by atoms with E-state index in [-0.39, 0.29) is 11.9 Å². The van der Waals surface area contributed by atoms with Crippen LogP contribution in [0.15, 0.2) is 18.2 Å². The van der Waals surface area contributed by atoms with Crippen molar-refractivity contribution in [1.29, 1.82) is 0 Å². The summed E-state index contributed by atoms with van der Waals surface area (Å²) in [5.41, 5.74) is 0.610. The predicted molar refractivity (Wildman–Crippen MR) is 55.2 cm³/mol. The summed E-state index contributed by atoms with van der Waals surface area (Å²) in [4.78, 5) is 0. The van der Waals surface area contributed by atoms with E-state index < -0.39 is 0 Å². The molecule has 0 bridgehead atoms. The molecular weight excluding hydrogens is 181 g/mol.